The molecule has 0 unspecified atom stereocenters. The number of ether oxygens (including phenoxy) is 1. The molecule has 0 bridgehead atoms. The van der Waals surface area contributed by atoms with Gasteiger partial charge in [0, 0.05) is 20.3 Å². The fourth-order valence-corrected chi connectivity index (χ4v) is 2.55. The smallest absolute Gasteiger partial charge is 0.151 e. The molecule has 0 aliphatic heterocycles. The van der Waals surface area contributed by atoms with Crippen LogP contribution < -0.4 is 5.32 Å². The van der Waals surface area contributed by atoms with Crippen LogP contribution in [-0.4, -0.2) is 46.7 Å². The van der Waals surface area contributed by atoms with Gasteiger partial charge in [-0.15, -0.1) is 0 Å². The van der Waals surface area contributed by atoms with Crippen molar-refractivity contribution in [3.8, 4) is 0 Å². The van der Waals surface area contributed by atoms with Gasteiger partial charge in [0.1, 0.15) is 0 Å². The Balaban J connectivity index is 3.41. The van der Waals surface area contributed by atoms with Crippen LogP contribution in [0.2, 0.25) is 0 Å². The van der Waals surface area contributed by atoms with E-state index in [0.29, 0.717) is 12.3 Å². The van der Waals surface area contributed by atoms with Crippen molar-refractivity contribution in [1.29, 1.82) is 0 Å². The predicted octanol–water partition coefficient (Wildman–Crippen LogP) is 0.827. The monoisotopic (exact) mass is 237 g/mol. The number of hydrogen-bond donors (Lipinski definition) is 1. The van der Waals surface area contributed by atoms with Crippen LogP contribution in [0.5, 0.6) is 0 Å². The van der Waals surface area contributed by atoms with Crippen molar-refractivity contribution in [3.05, 3.63) is 0 Å². The third-order valence-electron chi connectivity index (χ3n) is 2.10. The predicted molar refractivity (Wildman–Crippen MR) is 62.9 cm³/mol. The van der Waals surface area contributed by atoms with Crippen LogP contribution in [0.3, 0.4) is 0 Å². The summed E-state index contributed by atoms with van der Waals surface area (Å²) < 4.78 is 27.7. The number of nitrogens with one attached hydrogen (secondary N) is 1. The minimum absolute atomic E-state index is 0.250. The first-order chi connectivity index (χ1) is 7.12. The van der Waals surface area contributed by atoms with E-state index in [2.05, 4.69) is 5.32 Å². The average Bonchev–Trinajstić information content (AvgIpc) is 2.20. The largest absolute Gasteiger partial charge is 0.385 e. The normalized spacial score (nSPS) is 11.9. The molecule has 0 saturated heterocycles. The van der Waals surface area contributed by atoms with Crippen LogP contribution in [0, 0.1) is 0 Å². The number of unbranched alkanes of at least 4 members (excludes halogenated alkanes) is 1. The first kappa shape index (κ1) is 14.9. The lowest BCUT2D eigenvalue weighted by Crippen LogP contribution is -2.25. The molecular weight excluding hydrogens is 214 g/mol. The highest BCUT2D eigenvalue weighted by Crippen LogP contribution is 1.96. The van der Waals surface area contributed by atoms with Crippen molar-refractivity contribution >= 4 is 9.84 Å². The molecule has 0 aliphatic carbocycles. The lowest BCUT2D eigenvalue weighted by molar-refractivity contribution is 0.194. The minimum atomic E-state index is -2.83. The maximum atomic E-state index is 11.4. The van der Waals surface area contributed by atoms with Crippen LogP contribution >= 0.6 is 0 Å². The molecule has 0 heterocycles. The molecule has 5 heteroatoms. The van der Waals surface area contributed by atoms with Gasteiger partial charge in [0.15, 0.2) is 9.84 Å². The Labute approximate surface area is 93.3 Å². The standard InChI is InChI=1S/C10H23NO3S/c1-3-4-9-15(12,13)10-7-11-6-5-8-14-2/h11H,3-10H2,1-2H3. The molecule has 0 aromatic heterocycles. The highest BCUT2D eigenvalue weighted by molar-refractivity contribution is 7.91. The van der Waals surface area contributed by atoms with E-state index in [0.717, 1.165) is 32.4 Å². The molecule has 0 saturated carbocycles. The molecule has 0 aromatic rings. The maximum absolute atomic E-state index is 11.4. The Morgan fingerprint density at radius 1 is 1.13 bits per heavy atom. The Bertz CT molecular complexity index is 227. The van der Waals surface area contributed by atoms with E-state index in [1.54, 1.807) is 7.11 Å². The zero-order chi connectivity index (χ0) is 11.6. The zero-order valence-electron chi connectivity index (χ0n) is 9.79. The fraction of sp³-hybridized carbons (Fsp3) is 1.00. The van der Waals surface area contributed by atoms with Gasteiger partial charge in [-0.1, -0.05) is 13.3 Å². The van der Waals surface area contributed by atoms with Crippen molar-refractivity contribution in [2.75, 3.05) is 38.3 Å². The molecule has 0 radical (unpaired) electrons. The highest BCUT2D eigenvalue weighted by Gasteiger charge is 2.08. The van der Waals surface area contributed by atoms with Crippen LogP contribution in [0.1, 0.15) is 26.2 Å². The Hall–Kier alpha value is -0.130. The van der Waals surface area contributed by atoms with E-state index in [9.17, 15) is 8.42 Å². The third-order valence-corrected chi connectivity index (χ3v) is 3.84. The summed E-state index contributed by atoms with van der Waals surface area (Å²) in [6.45, 7) is 4.08. The van der Waals surface area contributed by atoms with E-state index < -0.39 is 9.84 Å². The molecule has 0 aromatic carbocycles. The molecule has 4 nitrogen and oxygen atoms in total. The van der Waals surface area contributed by atoms with Gasteiger partial charge in [-0.25, -0.2) is 8.42 Å². The summed E-state index contributed by atoms with van der Waals surface area (Å²) in [5.74, 6) is 0.573. The van der Waals surface area contributed by atoms with E-state index >= 15 is 0 Å². The number of rotatable bonds is 10. The lowest BCUT2D eigenvalue weighted by atomic mass is 10.4. The Morgan fingerprint density at radius 3 is 2.47 bits per heavy atom. The summed E-state index contributed by atoms with van der Waals surface area (Å²) in [5, 5.41) is 3.09. The van der Waals surface area contributed by atoms with E-state index in [4.69, 9.17) is 4.74 Å². The van der Waals surface area contributed by atoms with Crippen LogP contribution in [0.25, 0.3) is 0 Å². The van der Waals surface area contributed by atoms with Crippen molar-refractivity contribution in [2.24, 2.45) is 0 Å². The number of sulfone groups is 1. The minimum Gasteiger partial charge on any atom is -0.385 e. The van der Waals surface area contributed by atoms with Gasteiger partial charge in [0.05, 0.1) is 11.5 Å². The fourth-order valence-electron chi connectivity index (χ4n) is 1.16. The van der Waals surface area contributed by atoms with Crippen molar-refractivity contribution < 1.29 is 13.2 Å². The molecule has 92 valence electrons. The second kappa shape index (κ2) is 9.12. The maximum Gasteiger partial charge on any atom is 0.151 e. The molecule has 0 fully saturated rings. The average molecular weight is 237 g/mol. The first-order valence-electron chi connectivity index (χ1n) is 5.52. The van der Waals surface area contributed by atoms with Crippen LogP contribution in [0.4, 0.5) is 0 Å². The number of methoxy groups -OCH3 is 1. The quantitative estimate of drug-likeness (QED) is 0.572. The molecule has 0 atom stereocenters. The SMILES string of the molecule is CCCCS(=O)(=O)CCNCCCOC. The van der Waals surface area contributed by atoms with Crippen LogP contribution in [0.15, 0.2) is 0 Å². The highest BCUT2D eigenvalue weighted by atomic mass is 32.2. The van der Waals surface area contributed by atoms with Crippen LogP contribution in [-0.2, 0) is 14.6 Å². The van der Waals surface area contributed by atoms with Gasteiger partial charge < -0.3 is 10.1 Å². The second-order valence-corrected chi connectivity index (χ2v) is 5.91. The van der Waals surface area contributed by atoms with Gasteiger partial charge in [-0.05, 0) is 19.4 Å². The lowest BCUT2D eigenvalue weighted by Gasteiger charge is -2.05. The van der Waals surface area contributed by atoms with Crippen molar-refractivity contribution in [2.45, 2.75) is 26.2 Å². The zero-order valence-corrected chi connectivity index (χ0v) is 10.6. The third kappa shape index (κ3) is 10.2. The van der Waals surface area contributed by atoms with Gasteiger partial charge in [0.25, 0.3) is 0 Å². The summed E-state index contributed by atoms with van der Waals surface area (Å²) in [7, 11) is -1.17. The molecule has 0 aliphatic rings. The van der Waals surface area contributed by atoms with Crippen molar-refractivity contribution in [1.82, 2.24) is 5.32 Å². The topological polar surface area (TPSA) is 55.4 Å². The van der Waals surface area contributed by atoms with Crippen molar-refractivity contribution in [3.63, 3.8) is 0 Å². The first-order valence-corrected chi connectivity index (χ1v) is 7.34. The molecule has 0 amide bonds. The molecular formula is C10H23NO3S. The van der Waals surface area contributed by atoms with E-state index in [1.165, 1.54) is 0 Å². The molecule has 15 heavy (non-hydrogen) atoms. The van der Waals surface area contributed by atoms with Gasteiger partial charge in [0.2, 0.25) is 0 Å². The van der Waals surface area contributed by atoms with E-state index in [-0.39, 0.29) is 5.75 Å². The molecule has 1 N–H and O–H groups in total. The van der Waals surface area contributed by atoms with Gasteiger partial charge >= 0.3 is 0 Å². The second-order valence-electron chi connectivity index (χ2n) is 3.60. The summed E-state index contributed by atoms with van der Waals surface area (Å²) in [6.07, 6.45) is 2.62. The van der Waals surface area contributed by atoms with E-state index in [1.807, 2.05) is 6.92 Å². The number of hydrogen-bond acceptors (Lipinski definition) is 4. The Kier molecular flexibility index (Phi) is 9.04. The summed E-state index contributed by atoms with van der Waals surface area (Å²) >= 11 is 0. The summed E-state index contributed by atoms with van der Waals surface area (Å²) in [4.78, 5) is 0. The Morgan fingerprint density at radius 2 is 1.87 bits per heavy atom. The van der Waals surface area contributed by atoms with Gasteiger partial charge in [-0.2, -0.15) is 0 Å². The van der Waals surface area contributed by atoms with Gasteiger partial charge in [-0.3, -0.25) is 0 Å². The summed E-state index contributed by atoms with van der Waals surface area (Å²) in [6, 6.07) is 0. The summed E-state index contributed by atoms with van der Waals surface area (Å²) in [5.41, 5.74) is 0. The molecule has 0 spiro atoms. The molecule has 0 rings (SSSR count).